The molecule has 0 fully saturated rings. The Labute approximate surface area is 166 Å². The first-order chi connectivity index (χ1) is 13.7. The zero-order chi connectivity index (χ0) is 19.5. The molecule has 6 nitrogen and oxygen atoms in total. The number of rotatable bonds is 6. The Bertz CT molecular complexity index is 1140. The molecule has 0 radical (unpaired) electrons. The summed E-state index contributed by atoms with van der Waals surface area (Å²) in [5.41, 5.74) is 4.65. The van der Waals surface area contributed by atoms with Gasteiger partial charge >= 0.3 is 0 Å². The van der Waals surface area contributed by atoms with Gasteiger partial charge in [-0.2, -0.15) is 0 Å². The Balaban J connectivity index is 1.51. The second-order valence-electron chi connectivity index (χ2n) is 6.33. The monoisotopic (exact) mass is 392 g/mol. The first kappa shape index (κ1) is 18.3. The van der Waals surface area contributed by atoms with Gasteiger partial charge in [0.05, 0.1) is 18.4 Å². The number of hydrogen-bond acceptors (Lipinski definition) is 5. The van der Waals surface area contributed by atoms with Gasteiger partial charge in [-0.25, -0.2) is 9.97 Å². The first-order valence-corrected chi connectivity index (χ1v) is 9.98. The quantitative estimate of drug-likeness (QED) is 0.375. The summed E-state index contributed by atoms with van der Waals surface area (Å²) < 4.78 is 5.31. The van der Waals surface area contributed by atoms with Crippen molar-refractivity contribution in [1.82, 2.24) is 15.0 Å². The predicted octanol–water partition coefficient (Wildman–Crippen LogP) is 4.41. The van der Waals surface area contributed by atoms with Crippen molar-refractivity contribution in [2.24, 2.45) is 0 Å². The highest BCUT2D eigenvalue weighted by Crippen LogP contribution is 2.31. The zero-order valence-corrected chi connectivity index (χ0v) is 16.5. The van der Waals surface area contributed by atoms with Crippen molar-refractivity contribution in [2.45, 2.75) is 18.4 Å². The van der Waals surface area contributed by atoms with E-state index in [1.807, 2.05) is 42.5 Å². The average molecular weight is 392 g/mol. The molecule has 0 saturated heterocycles. The van der Waals surface area contributed by atoms with Gasteiger partial charge in [0.15, 0.2) is 0 Å². The number of benzene rings is 2. The van der Waals surface area contributed by atoms with Crippen LogP contribution in [-0.4, -0.2) is 33.7 Å². The van der Waals surface area contributed by atoms with E-state index >= 15 is 0 Å². The van der Waals surface area contributed by atoms with E-state index in [0.717, 1.165) is 44.8 Å². The van der Waals surface area contributed by atoms with E-state index in [-0.39, 0.29) is 11.7 Å². The minimum absolute atomic E-state index is 0.0706. The van der Waals surface area contributed by atoms with Crippen LogP contribution in [0.25, 0.3) is 21.9 Å². The van der Waals surface area contributed by atoms with Gasteiger partial charge in [-0.1, -0.05) is 30.8 Å². The number of methoxy groups -OCH3 is 1. The maximum Gasteiger partial charge on any atom is 0.234 e. The molecule has 28 heavy (non-hydrogen) atoms. The molecule has 0 aliphatic heterocycles. The second-order valence-corrected chi connectivity index (χ2v) is 7.29. The number of aryl methyl sites for hydroxylation is 1. The van der Waals surface area contributed by atoms with Crippen molar-refractivity contribution in [3.8, 4) is 5.75 Å². The second kappa shape index (κ2) is 7.90. The topological polar surface area (TPSA) is 79.9 Å². The van der Waals surface area contributed by atoms with Crippen LogP contribution in [0.15, 0.2) is 53.8 Å². The smallest absolute Gasteiger partial charge is 0.234 e. The minimum atomic E-state index is -0.0706. The molecular weight excluding hydrogens is 372 g/mol. The summed E-state index contributed by atoms with van der Waals surface area (Å²) in [6.45, 7) is 2.10. The fourth-order valence-corrected chi connectivity index (χ4v) is 3.79. The third-order valence-electron chi connectivity index (χ3n) is 4.54. The summed E-state index contributed by atoms with van der Waals surface area (Å²) in [6, 6.07) is 13.7. The van der Waals surface area contributed by atoms with Gasteiger partial charge in [-0.3, -0.25) is 4.79 Å². The highest BCUT2D eigenvalue weighted by molar-refractivity contribution is 8.00. The molecule has 0 saturated carbocycles. The van der Waals surface area contributed by atoms with Crippen LogP contribution < -0.4 is 10.1 Å². The molecule has 142 valence electrons. The van der Waals surface area contributed by atoms with Crippen molar-refractivity contribution in [2.75, 3.05) is 18.2 Å². The van der Waals surface area contributed by atoms with Gasteiger partial charge in [0, 0.05) is 16.6 Å². The van der Waals surface area contributed by atoms with E-state index in [1.165, 1.54) is 23.7 Å². The van der Waals surface area contributed by atoms with E-state index in [9.17, 15) is 4.79 Å². The van der Waals surface area contributed by atoms with E-state index < -0.39 is 0 Å². The van der Waals surface area contributed by atoms with Crippen LogP contribution in [0.2, 0.25) is 0 Å². The summed E-state index contributed by atoms with van der Waals surface area (Å²) in [5, 5.41) is 4.64. The largest absolute Gasteiger partial charge is 0.497 e. The molecule has 0 bridgehead atoms. The number of nitrogens with one attached hydrogen (secondary N) is 2. The van der Waals surface area contributed by atoms with Gasteiger partial charge in [0.2, 0.25) is 5.91 Å². The van der Waals surface area contributed by atoms with Crippen LogP contribution in [0.4, 0.5) is 5.69 Å². The third kappa shape index (κ3) is 3.66. The number of aromatic nitrogens is 3. The lowest BCUT2D eigenvalue weighted by molar-refractivity contribution is -0.113. The van der Waals surface area contributed by atoms with E-state index in [4.69, 9.17) is 4.74 Å². The van der Waals surface area contributed by atoms with Gasteiger partial charge in [0.1, 0.15) is 22.6 Å². The standard InChI is InChI=1S/C21H20N4O2S/c1-3-13-4-6-14(7-5-13)24-18(26)11-28-21-20-19(22-12-23-21)16-10-15(27-2)8-9-17(16)25-20/h4-10,12,25H,3,11H2,1-2H3,(H,24,26). The number of hydrogen-bond donors (Lipinski definition) is 2. The molecule has 0 atom stereocenters. The van der Waals surface area contributed by atoms with Gasteiger partial charge in [-0.15, -0.1) is 0 Å². The number of anilines is 1. The van der Waals surface area contributed by atoms with Gasteiger partial charge in [0.25, 0.3) is 0 Å². The molecule has 0 aliphatic carbocycles. The fraction of sp³-hybridized carbons (Fsp3) is 0.190. The molecule has 0 aliphatic rings. The van der Waals surface area contributed by atoms with Gasteiger partial charge in [-0.05, 0) is 42.3 Å². The maximum absolute atomic E-state index is 12.3. The molecule has 2 aromatic heterocycles. The lowest BCUT2D eigenvalue weighted by Gasteiger charge is -2.06. The summed E-state index contributed by atoms with van der Waals surface area (Å²) in [7, 11) is 1.64. The Morgan fingerprint density at radius 2 is 2.00 bits per heavy atom. The molecule has 2 aromatic carbocycles. The minimum Gasteiger partial charge on any atom is -0.497 e. The highest BCUT2D eigenvalue weighted by Gasteiger charge is 2.13. The number of H-pyrrole nitrogens is 1. The molecule has 0 spiro atoms. The molecule has 1 amide bonds. The van der Waals surface area contributed by atoms with E-state index in [0.29, 0.717) is 0 Å². The first-order valence-electron chi connectivity index (χ1n) is 9.00. The van der Waals surface area contributed by atoms with E-state index in [1.54, 1.807) is 7.11 Å². The van der Waals surface area contributed by atoms with Crippen molar-refractivity contribution < 1.29 is 9.53 Å². The van der Waals surface area contributed by atoms with Crippen molar-refractivity contribution >= 4 is 45.3 Å². The Hall–Kier alpha value is -3.06. The molecule has 2 heterocycles. The van der Waals surface area contributed by atoms with Crippen LogP contribution in [-0.2, 0) is 11.2 Å². The summed E-state index contributed by atoms with van der Waals surface area (Å²) in [6.07, 6.45) is 2.50. The highest BCUT2D eigenvalue weighted by atomic mass is 32.2. The molecule has 2 N–H and O–H groups in total. The summed E-state index contributed by atoms with van der Waals surface area (Å²) in [5.74, 6) is 0.967. The zero-order valence-electron chi connectivity index (χ0n) is 15.7. The van der Waals surface area contributed by atoms with Crippen LogP contribution in [0.5, 0.6) is 5.75 Å². The van der Waals surface area contributed by atoms with Crippen molar-refractivity contribution in [3.63, 3.8) is 0 Å². The SMILES string of the molecule is CCc1ccc(NC(=O)CSc2ncnc3c2[nH]c2ccc(OC)cc23)cc1. The Morgan fingerprint density at radius 3 is 2.75 bits per heavy atom. The fourth-order valence-electron chi connectivity index (χ4n) is 3.04. The summed E-state index contributed by atoms with van der Waals surface area (Å²) in [4.78, 5) is 24.4. The normalized spacial score (nSPS) is 11.1. The van der Waals surface area contributed by atoms with Crippen LogP contribution in [0, 0.1) is 0 Å². The summed E-state index contributed by atoms with van der Waals surface area (Å²) >= 11 is 1.38. The van der Waals surface area contributed by atoms with Crippen molar-refractivity contribution in [3.05, 3.63) is 54.4 Å². The van der Waals surface area contributed by atoms with E-state index in [2.05, 4.69) is 27.2 Å². The third-order valence-corrected chi connectivity index (χ3v) is 5.53. The van der Waals surface area contributed by atoms with Crippen LogP contribution in [0.1, 0.15) is 12.5 Å². The number of fused-ring (bicyclic) bond motifs is 3. The number of ether oxygens (including phenoxy) is 1. The molecule has 0 unspecified atom stereocenters. The lowest BCUT2D eigenvalue weighted by atomic mass is 10.1. The number of amides is 1. The Kier molecular flexibility index (Phi) is 5.16. The number of carbonyl (C=O) groups is 1. The average Bonchev–Trinajstić information content (AvgIpc) is 3.11. The maximum atomic E-state index is 12.3. The van der Waals surface area contributed by atoms with Crippen LogP contribution in [0.3, 0.4) is 0 Å². The number of nitrogens with zero attached hydrogens (tertiary/aromatic N) is 2. The van der Waals surface area contributed by atoms with Crippen molar-refractivity contribution in [1.29, 1.82) is 0 Å². The predicted molar refractivity (Wildman–Crippen MR) is 113 cm³/mol. The number of carbonyl (C=O) groups excluding carboxylic acids is 1. The molecular formula is C21H20N4O2S. The van der Waals surface area contributed by atoms with Gasteiger partial charge < -0.3 is 15.0 Å². The Morgan fingerprint density at radius 1 is 1.18 bits per heavy atom. The lowest BCUT2D eigenvalue weighted by Crippen LogP contribution is -2.14. The van der Waals surface area contributed by atoms with Crippen LogP contribution >= 0.6 is 11.8 Å². The molecule has 7 heteroatoms. The number of aromatic amines is 1. The molecule has 4 rings (SSSR count). The number of thioether (sulfide) groups is 1. The molecule has 4 aromatic rings.